The highest BCUT2D eigenvalue weighted by Crippen LogP contribution is 2.26. The van der Waals surface area contributed by atoms with Crippen LogP contribution in [-0.4, -0.2) is 35.9 Å². The van der Waals surface area contributed by atoms with Crippen molar-refractivity contribution in [2.24, 2.45) is 0 Å². The zero-order valence-electron chi connectivity index (χ0n) is 17.9. The molecule has 0 saturated heterocycles. The lowest BCUT2D eigenvalue weighted by Crippen LogP contribution is -2.41. The second-order valence-electron chi connectivity index (χ2n) is 7.62. The Labute approximate surface area is 196 Å². The fourth-order valence-electron chi connectivity index (χ4n) is 3.01. The third kappa shape index (κ3) is 5.29. The Hall–Kier alpha value is -2.46. The molecule has 32 heavy (non-hydrogen) atoms. The first-order valence-electron chi connectivity index (χ1n) is 9.65. The van der Waals surface area contributed by atoms with Crippen LogP contribution in [0.25, 0.3) is 5.69 Å². The second-order valence-corrected chi connectivity index (χ2v) is 10.1. The first-order chi connectivity index (χ1) is 14.9. The summed E-state index contributed by atoms with van der Waals surface area (Å²) in [6, 6.07) is 9.36. The van der Waals surface area contributed by atoms with Gasteiger partial charge in [0.25, 0.3) is 16.0 Å². The average molecular weight is 497 g/mol. The van der Waals surface area contributed by atoms with Crippen molar-refractivity contribution in [3.8, 4) is 5.69 Å². The maximum Gasteiger partial charge on any atom is 0.299 e. The molecule has 0 aliphatic heterocycles. The van der Waals surface area contributed by atoms with E-state index in [1.165, 1.54) is 28.9 Å². The zero-order valence-corrected chi connectivity index (χ0v) is 20.2. The van der Waals surface area contributed by atoms with Gasteiger partial charge in [-0.1, -0.05) is 34.5 Å². The van der Waals surface area contributed by atoms with Gasteiger partial charge in [0, 0.05) is 15.6 Å². The predicted molar refractivity (Wildman–Crippen MR) is 122 cm³/mol. The average Bonchev–Trinajstić information content (AvgIpc) is 3.17. The molecular formula is C21H22Cl2N4O4S. The fraction of sp³-hybridized carbons (Fsp3) is 0.286. The van der Waals surface area contributed by atoms with Crippen LogP contribution in [0, 0.1) is 6.92 Å². The summed E-state index contributed by atoms with van der Waals surface area (Å²) < 4.78 is 31.4. The molecule has 1 aromatic heterocycles. The number of benzene rings is 2. The van der Waals surface area contributed by atoms with Crippen LogP contribution in [0.2, 0.25) is 10.0 Å². The Morgan fingerprint density at radius 3 is 2.44 bits per heavy atom. The predicted octanol–water partition coefficient (Wildman–Crippen LogP) is 4.27. The zero-order chi connectivity index (χ0) is 23.7. The van der Waals surface area contributed by atoms with Crippen LogP contribution in [-0.2, 0) is 19.8 Å². The van der Waals surface area contributed by atoms with E-state index >= 15 is 0 Å². The van der Waals surface area contributed by atoms with Crippen LogP contribution in [0.1, 0.15) is 42.4 Å². The minimum atomic E-state index is -3.98. The number of carbonyl (C=O) groups excluding carboxylic acids is 1. The number of rotatable bonds is 7. The first kappa shape index (κ1) is 24.2. The van der Waals surface area contributed by atoms with Gasteiger partial charge in [-0.05, 0) is 63.6 Å². The van der Waals surface area contributed by atoms with Crippen molar-refractivity contribution < 1.29 is 17.4 Å². The number of nitrogens with one attached hydrogen (secondary N) is 1. The third-order valence-corrected chi connectivity index (χ3v) is 6.45. The van der Waals surface area contributed by atoms with E-state index in [2.05, 4.69) is 15.6 Å². The number of hydrogen-bond donors (Lipinski definition) is 1. The molecule has 0 fully saturated rings. The molecule has 0 spiro atoms. The van der Waals surface area contributed by atoms with E-state index in [0.717, 1.165) is 5.56 Å². The molecule has 170 valence electrons. The van der Waals surface area contributed by atoms with E-state index in [0.29, 0.717) is 27.0 Å². The van der Waals surface area contributed by atoms with Gasteiger partial charge in [0.05, 0.1) is 24.0 Å². The maximum absolute atomic E-state index is 12.7. The van der Waals surface area contributed by atoms with Crippen LogP contribution < -0.4 is 5.32 Å². The van der Waals surface area contributed by atoms with E-state index in [1.807, 2.05) is 6.92 Å². The molecule has 0 bridgehead atoms. The van der Waals surface area contributed by atoms with Gasteiger partial charge in [-0.2, -0.15) is 8.42 Å². The highest BCUT2D eigenvalue weighted by molar-refractivity contribution is 7.86. The molecule has 1 amide bonds. The molecule has 0 aliphatic rings. The van der Waals surface area contributed by atoms with Crippen LogP contribution in [0.5, 0.6) is 0 Å². The summed E-state index contributed by atoms with van der Waals surface area (Å²) in [7, 11) is -3.98. The molecule has 1 heterocycles. The molecule has 0 saturated carbocycles. The van der Waals surface area contributed by atoms with Crippen molar-refractivity contribution in [1.29, 1.82) is 0 Å². The molecule has 3 rings (SSSR count). The molecular weight excluding hydrogens is 475 g/mol. The topological polar surface area (TPSA) is 103 Å². The van der Waals surface area contributed by atoms with Gasteiger partial charge in [0.15, 0.2) is 0 Å². The summed E-state index contributed by atoms with van der Waals surface area (Å²) in [4.78, 5) is 12.7. The number of halogens is 2. The van der Waals surface area contributed by atoms with Crippen molar-refractivity contribution in [2.75, 3.05) is 6.61 Å². The molecule has 8 nitrogen and oxygen atoms in total. The van der Waals surface area contributed by atoms with Gasteiger partial charge in [-0.25, -0.2) is 4.68 Å². The summed E-state index contributed by atoms with van der Waals surface area (Å²) in [5.74, 6) is -0.399. The van der Waals surface area contributed by atoms with E-state index < -0.39 is 21.6 Å². The molecule has 0 aliphatic carbocycles. The lowest BCUT2D eigenvalue weighted by molar-refractivity contribution is 0.0910. The normalized spacial score (nSPS) is 12.1. The van der Waals surface area contributed by atoms with Gasteiger partial charge in [0.1, 0.15) is 10.6 Å². The van der Waals surface area contributed by atoms with Gasteiger partial charge < -0.3 is 5.32 Å². The minimum absolute atomic E-state index is 0.00480. The summed E-state index contributed by atoms with van der Waals surface area (Å²) in [5, 5.41) is 11.8. The lowest BCUT2D eigenvalue weighted by atomic mass is 10.0. The van der Waals surface area contributed by atoms with E-state index in [9.17, 15) is 13.2 Å². The molecule has 11 heteroatoms. The summed E-state index contributed by atoms with van der Waals surface area (Å²) >= 11 is 12.0. The Bertz CT molecular complexity index is 1250. The van der Waals surface area contributed by atoms with Crippen LogP contribution in [0.3, 0.4) is 0 Å². The third-order valence-electron chi connectivity index (χ3n) is 4.59. The van der Waals surface area contributed by atoms with Gasteiger partial charge in [0.2, 0.25) is 0 Å². The largest absolute Gasteiger partial charge is 0.341 e. The van der Waals surface area contributed by atoms with Crippen molar-refractivity contribution >= 4 is 39.2 Å². The Kier molecular flexibility index (Phi) is 6.94. The molecule has 3 aromatic rings. The SMILES string of the molecule is CCOS(=O)(=O)c1ccc(C)cc1-n1cc(C(C)(C)NC(=O)c2cc(Cl)cc(Cl)c2)nn1. The van der Waals surface area contributed by atoms with Crippen molar-refractivity contribution in [2.45, 2.75) is 38.1 Å². The Morgan fingerprint density at radius 1 is 1.16 bits per heavy atom. The maximum atomic E-state index is 12.7. The molecule has 0 radical (unpaired) electrons. The van der Waals surface area contributed by atoms with Gasteiger partial charge in [-0.3, -0.25) is 8.98 Å². The monoisotopic (exact) mass is 496 g/mol. The van der Waals surface area contributed by atoms with Crippen molar-refractivity contribution in [3.05, 3.63) is 69.5 Å². The second kappa shape index (κ2) is 9.19. The highest BCUT2D eigenvalue weighted by Gasteiger charge is 2.28. The van der Waals surface area contributed by atoms with Crippen LogP contribution in [0.4, 0.5) is 0 Å². The number of aryl methyl sites for hydroxylation is 1. The number of nitrogens with zero attached hydrogens (tertiary/aromatic N) is 3. The molecule has 0 unspecified atom stereocenters. The van der Waals surface area contributed by atoms with E-state index in [-0.39, 0.29) is 11.5 Å². The van der Waals surface area contributed by atoms with E-state index in [4.69, 9.17) is 27.4 Å². The van der Waals surface area contributed by atoms with Gasteiger partial charge in [-0.15, -0.1) is 5.10 Å². The van der Waals surface area contributed by atoms with E-state index in [1.54, 1.807) is 39.1 Å². The molecule has 0 atom stereocenters. The number of amides is 1. The number of hydrogen-bond acceptors (Lipinski definition) is 6. The lowest BCUT2D eigenvalue weighted by Gasteiger charge is -2.23. The number of aromatic nitrogens is 3. The molecule has 1 N–H and O–H groups in total. The Balaban J connectivity index is 1.94. The van der Waals surface area contributed by atoms with Gasteiger partial charge >= 0.3 is 0 Å². The summed E-state index contributed by atoms with van der Waals surface area (Å²) in [6.45, 7) is 6.93. The highest BCUT2D eigenvalue weighted by atomic mass is 35.5. The quantitative estimate of drug-likeness (QED) is 0.489. The smallest absolute Gasteiger partial charge is 0.299 e. The van der Waals surface area contributed by atoms with Crippen molar-refractivity contribution in [3.63, 3.8) is 0 Å². The number of carbonyl (C=O) groups is 1. The van der Waals surface area contributed by atoms with Crippen LogP contribution >= 0.6 is 23.2 Å². The van der Waals surface area contributed by atoms with Crippen LogP contribution in [0.15, 0.2) is 47.5 Å². The summed E-state index contributed by atoms with van der Waals surface area (Å²) in [5.41, 5.74) is 0.901. The molecule has 2 aromatic carbocycles. The summed E-state index contributed by atoms with van der Waals surface area (Å²) in [6.07, 6.45) is 1.56. The Morgan fingerprint density at radius 2 is 1.81 bits per heavy atom. The minimum Gasteiger partial charge on any atom is -0.341 e. The standard InChI is InChI=1S/C21H22Cl2N4O4S/c1-5-31-32(29,30)18-7-6-13(2)8-17(18)27-12-19(25-26-27)21(3,4)24-20(28)14-9-15(22)11-16(23)10-14/h6-12H,5H2,1-4H3,(H,24,28). The van der Waals surface area contributed by atoms with Crippen molar-refractivity contribution in [1.82, 2.24) is 20.3 Å². The fourth-order valence-corrected chi connectivity index (χ4v) is 4.62. The first-order valence-corrected chi connectivity index (χ1v) is 11.8.